The van der Waals surface area contributed by atoms with Crippen LogP contribution in [-0.2, 0) is 4.74 Å². The van der Waals surface area contributed by atoms with Crippen LogP contribution in [0.3, 0.4) is 0 Å². The van der Waals surface area contributed by atoms with Crippen molar-refractivity contribution in [3.05, 3.63) is 29.8 Å². The van der Waals surface area contributed by atoms with Crippen LogP contribution in [-0.4, -0.2) is 32.3 Å². The number of carbonyl (C=O) groups is 1. The van der Waals surface area contributed by atoms with Crippen molar-refractivity contribution in [2.45, 2.75) is 6.92 Å². The maximum atomic E-state index is 11.6. The number of anilines is 1. The number of ether oxygens (including phenoxy) is 1. The van der Waals surface area contributed by atoms with Crippen LogP contribution in [0, 0.1) is 11.3 Å². The third-order valence-corrected chi connectivity index (χ3v) is 2.17. The topological polar surface area (TPSA) is 120 Å². The summed E-state index contributed by atoms with van der Waals surface area (Å²) in [5.74, 6) is -0.462. The number of aromatic nitrogens is 4. The molecule has 19 heavy (non-hydrogen) atoms. The molecule has 2 heterocycles. The van der Waals surface area contributed by atoms with Gasteiger partial charge in [-0.3, -0.25) is 0 Å². The Morgan fingerprint density at radius 1 is 1.63 bits per heavy atom. The molecule has 0 spiro atoms. The van der Waals surface area contributed by atoms with E-state index in [9.17, 15) is 4.79 Å². The minimum Gasteiger partial charge on any atom is -0.461 e. The molecule has 2 aromatic rings. The Labute approximate surface area is 108 Å². The lowest BCUT2D eigenvalue weighted by Crippen LogP contribution is -2.09. The van der Waals surface area contributed by atoms with Crippen molar-refractivity contribution in [3.63, 3.8) is 0 Å². The zero-order valence-corrected chi connectivity index (χ0v) is 10.1. The van der Waals surface area contributed by atoms with Crippen LogP contribution in [0.1, 0.15) is 23.1 Å². The maximum Gasteiger partial charge on any atom is 0.361 e. The zero-order valence-electron chi connectivity index (χ0n) is 10.1. The number of nitrogens with zero attached hydrogens (tertiary/aromatic N) is 5. The molecule has 0 bridgehead atoms. The molecule has 0 aliphatic carbocycles. The Bertz CT molecular complexity index is 657. The highest BCUT2D eigenvalue weighted by molar-refractivity contribution is 5.92. The molecular formula is C11H10N6O2. The second kappa shape index (κ2) is 5.14. The maximum absolute atomic E-state index is 11.6. The van der Waals surface area contributed by atoms with Gasteiger partial charge >= 0.3 is 5.97 Å². The molecule has 0 aromatic carbocycles. The number of hydrogen-bond donors (Lipinski definition) is 1. The summed E-state index contributed by atoms with van der Waals surface area (Å²) in [4.78, 5) is 19.5. The van der Waals surface area contributed by atoms with Gasteiger partial charge in [0, 0.05) is 6.20 Å². The molecule has 0 saturated carbocycles. The van der Waals surface area contributed by atoms with Crippen molar-refractivity contribution in [2.24, 2.45) is 0 Å². The molecule has 0 radical (unpaired) electrons. The zero-order chi connectivity index (χ0) is 13.8. The fourth-order valence-corrected chi connectivity index (χ4v) is 1.37. The molecule has 0 aliphatic rings. The van der Waals surface area contributed by atoms with E-state index >= 15 is 0 Å². The first kappa shape index (κ1) is 12.5. The van der Waals surface area contributed by atoms with E-state index in [0.29, 0.717) is 0 Å². The van der Waals surface area contributed by atoms with E-state index in [2.05, 4.69) is 15.1 Å². The number of carbonyl (C=O) groups excluding carboxylic acids is 1. The average molecular weight is 258 g/mol. The smallest absolute Gasteiger partial charge is 0.361 e. The Kier molecular flexibility index (Phi) is 3.38. The van der Waals surface area contributed by atoms with E-state index in [-0.39, 0.29) is 29.6 Å². The first-order valence-corrected chi connectivity index (χ1v) is 5.41. The first-order valence-electron chi connectivity index (χ1n) is 5.41. The fraction of sp³-hybridized carbons (Fsp3) is 0.182. The van der Waals surface area contributed by atoms with Gasteiger partial charge < -0.3 is 10.5 Å². The summed E-state index contributed by atoms with van der Waals surface area (Å²) in [5.41, 5.74) is 6.02. The van der Waals surface area contributed by atoms with Crippen molar-refractivity contribution in [2.75, 3.05) is 12.3 Å². The molecule has 0 aliphatic heterocycles. The molecule has 0 atom stereocenters. The van der Waals surface area contributed by atoms with Gasteiger partial charge in [0.05, 0.1) is 18.5 Å². The summed E-state index contributed by atoms with van der Waals surface area (Å²) >= 11 is 0. The molecule has 2 N–H and O–H groups in total. The summed E-state index contributed by atoms with van der Waals surface area (Å²) in [7, 11) is 0. The van der Waals surface area contributed by atoms with Gasteiger partial charge in [-0.1, -0.05) is 0 Å². The van der Waals surface area contributed by atoms with Gasteiger partial charge in [0.1, 0.15) is 11.8 Å². The van der Waals surface area contributed by atoms with Gasteiger partial charge in [0.15, 0.2) is 5.69 Å². The van der Waals surface area contributed by atoms with E-state index in [1.54, 1.807) is 6.92 Å². The average Bonchev–Trinajstić information content (AvgIpc) is 2.81. The van der Waals surface area contributed by atoms with Crippen LogP contribution in [0.2, 0.25) is 0 Å². The van der Waals surface area contributed by atoms with Gasteiger partial charge in [-0.2, -0.15) is 10.4 Å². The second-order valence-electron chi connectivity index (χ2n) is 3.45. The summed E-state index contributed by atoms with van der Waals surface area (Å²) < 4.78 is 6.04. The van der Waals surface area contributed by atoms with Crippen molar-refractivity contribution in [1.82, 2.24) is 19.7 Å². The Balaban J connectivity index is 2.39. The standard InChI is InChI=1S/C11H10N6O2/c1-2-19-10(18)9-8(13)6-17(16-9)11-14-4-3-7(5-12)15-11/h3-4,6H,2,13H2,1H3. The Morgan fingerprint density at radius 2 is 2.42 bits per heavy atom. The SMILES string of the molecule is CCOC(=O)c1nn(-c2nccc(C#N)n2)cc1N. The minimum absolute atomic E-state index is 0.00666. The van der Waals surface area contributed by atoms with Gasteiger partial charge in [-0.05, 0) is 13.0 Å². The van der Waals surface area contributed by atoms with Crippen LogP contribution in [0.5, 0.6) is 0 Å². The van der Waals surface area contributed by atoms with Crippen LogP contribution in [0.25, 0.3) is 5.95 Å². The molecule has 2 rings (SSSR count). The molecule has 2 aromatic heterocycles. The van der Waals surface area contributed by atoms with Crippen LogP contribution in [0.4, 0.5) is 5.69 Å². The van der Waals surface area contributed by atoms with Gasteiger partial charge in [0.25, 0.3) is 5.95 Å². The number of hydrogen-bond acceptors (Lipinski definition) is 7. The highest BCUT2D eigenvalue weighted by Gasteiger charge is 2.17. The predicted molar refractivity (Wildman–Crippen MR) is 64.2 cm³/mol. The van der Waals surface area contributed by atoms with E-state index < -0.39 is 5.97 Å². The third kappa shape index (κ3) is 2.50. The van der Waals surface area contributed by atoms with Crippen molar-refractivity contribution in [3.8, 4) is 12.0 Å². The molecule has 96 valence electrons. The van der Waals surface area contributed by atoms with Crippen LogP contribution in [0.15, 0.2) is 18.5 Å². The third-order valence-electron chi connectivity index (χ3n) is 2.17. The van der Waals surface area contributed by atoms with Crippen molar-refractivity contribution < 1.29 is 9.53 Å². The Morgan fingerprint density at radius 3 is 3.11 bits per heavy atom. The summed E-state index contributed by atoms with van der Waals surface area (Å²) in [6, 6.07) is 3.35. The fourth-order valence-electron chi connectivity index (χ4n) is 1.37. The van der Waals surface area contributed by atoms with Crippen LogP contribution < -0.4 is 5.73 Å². The van der Waals surface area contributed by atoms with Crippen molar-refractivity contribution in [1.29, 1.82) is 5.26 Å². The minimum atomic E-state index is -0.616. The van der Waals surface area contributed by atoms with Gasteiger partial charge in [0.2, 0.25) is 0 Å². The number of rotatable bonds is 3. The highest BCUT2D eigenvalue weighted by atomic mass is 16.5. The Hall–Kier alpha value is -2.95. The largest absolute Gasteiger partial charge is 0.461 e. The van der Waals surface area contributed by atoms with E-state index in [1.807, 2.05) is 6.07 Å². The number of nitrogen functional groups attached to an aromatic ring is 1. The molecular weight excluding hydrogens is 248 g/mol. The van der Waals surface area contributed by atoms with E-state index in [1.165, 1.54) is 23.1 Å². The quantitative estimate of drug-likeness (QED) is 0.785. The molecule has 0 unspecified atom stereocenters. The summed E-state index contributed by atoms with van der Waals surface area (Å²) in [6.45, 7) is 1.91. The predicted octanol–water partition coefficient (Wildman–Crippen LogP) is 0.293. The molecule has 0 fully saturated rings. The summed E-state index contributed by atoms with van der Waals surface area (Å²) in [5, 5.41) is 12.7. The van der Waals surface area contributed by atoms with Crippen LogP contribution >= 0.6 is 0 Å². The number of esters is 1. The van der Waals surface area contributed by atoms with E-state index in [4.69, 9.17) is 15.7 Å². The highest BCUT2D eigenvalue weighted by Crippen LogP contribution is 2.13. The first-order chi connectivity index (χ1) is 9.15. The molecule has 8 nitrogen and oxygen atoms in total. The second-order valence-corrected chi connectivity index (χ2v) is 3.45. The van der Waals surface area contributed by atoms with Gasteiger partial charge in [-0.25, -0.2) is 19.4 Å². The lowest BCUT2D eigenvalue weighted by atomic mass is 10.4. The van der Waals surface area contributed by atoms with Crippen molar-refractivity contribution >= 4 is 11.7 Å². The monoisotopic (exact) mass is 258 g/mol. The summed E-state index contributed by atoms with van der Waals surface area (Å²) in [6.07, 6.45) is 2.81. The molecule has 0 saturated heterocycles. The lowest BCUT2D eigenvalue weighted by molar-refractivity contribution is 0.0520. The number of nitrogens with two attached hydrogens (primary N) is 1. The normalized spacial score (nSPS) is 9.89. The lowest BCUT2D eigenvalue weighted by Gasteiger charge is -1.99. The molecule has 0 amide bonds. The number of nitriles is 1. The van der Waals surface area contributed by atoms with Gasteiger partial charge in [-0.15, -0.1) is 0 Å². The molecule has 8 heteroatoms. The van der Waals surface area contributed by atoms with E-state index in [0.717, 1.165) is 0 Å².